The van der Waals surface area contributed by atoms with Crippen molar-refractivity contribution in [2.24, 2.45) is 5.92 Å². The first-order valence-corrected chi connectivity index (χ1v) is 7.16. The number of hydrogen-bond acceptors (Lipinski definition) is 3. The number of hydrogen-bond donors (Lipinski definition) is 2. The predicted octanol–water partition coefficient (Wildman–Crippen LogP) is 1.21. The van der Waals surface area contributed by atoms with Gasteiger partial charge in [0, 0.05) is 0 Å². The maximum atomic E-state index is 11.6. The number of carboxylic acid groups (broad SMARTS) is 1. The molecule has 0 bridgehead atoms. The van der Waals surface area contributed by atoms with Gasteiger partial charge in [0.2, 0.25) is 10.0 Å². The highest BCUT2D eigenvalue weighted by Crippen LogP contribution is 2.04. The molecule has 0 aliphatic carbocycles. The van der Waals surface area contributed by atoms with E-state index in [4.69, 9.17) is 5.11 Å². The van der Waals surface area contributed by atoms with Gasteiger partial charge in [-0.05, 0) is 18.8 Å². The standard InChI is InChI=1S/C10H21NO4S/c1-4-5-9(10(12)13)11-16(14,15)7-6-8(2)3/h8-9,11H,4-7H2,1-3H3,(H,12,13)/t9-/m0/s1. The Kier molecular flexibility index (Phi) is 6.59. The van der Waals surface area contributed by atoms with E-state index in [0.717, 1.165) is 0 Å². The van der Waals surface area contributed by atoms with Crippen LogP contribution >= 0.6 is 0 Å². The zero-order valence-electron chi connectivity index (χ0n) is 10.1. The van der Waals surface area contributed by atoms with Crippen molar-refractivity contribution in [2.45, 2.75) is 46.1 Å². The molecule has 6 heteroatoms. The Hall–Kier alpha value is -0.620. The molecule has 0 aromatic heterocycles. The Bertz CT molecular complexity index is 311. The minimum atomic E-state index is -3.47. The monoisotopic (exact) mass is 251 g/mol. The van der Waals surface area contributed by atoms with Crippen molar-refractivity contribution in [3.05, 3.63) is 0 Å². The lowest BCUT2D eigenvalue weighted by molar-refractivity contribution is -0.139. The number of sulfonamides is 1. The SMILES string of the molecule is CCC[C@H](NS(=O)(=O)CCC(C)C)C(=O)O. The van der Waals surface area contributed by atoms with Crippen LogP contribution in [-0.4, -0.2) is 31.3 Å². The van der Waals surface area contributed by atoms with Gasteiger partial charge in [-0.25, -0.2) is 13.1 Å². The fourth-order valence-electron chi connectivity index (χ4n) is 1.19. The smallest absolute Gasteiger partial charge is 0.321 e. The lowest BCUT2D eigenvalue weighted by Gasteiger charge is -2.14. The maximum Gasteiger partial charge on any atom is 0.321 e. The van der Waals surface area contributed by atoms with E-state index in [-0.39, 0.29) is 11.7 Å². The van der Waals surface area contributed by atoms with E-state index in [1.165, 1.54) is 0 Å². The van der Waals surface area contributed by atoms with Crippen LogP contribution in [0.5, 0.6) is 0 Å². The Morgan fingerprint density at radius 1 is 1.31 bits per heavy atom. The van der Waals surface area contributed by atoms with Crippen molar-refractivity contribution in [1.82, 2.24) is 4.72 Å². The van der Waals surface area contributed by atoms with Crippen LogP contribution in [0.15, 0.2) is 0 Å². The second-order valence-electron chi connectivity index (χ2n) is 4.30. The van der Waals surface area contributed by atoms with Crippen molar-refractivity contribution >= 4 is 16.0 Å². The summed E-state index contributed by atoms with van der Waals surface area (Å²) in [5.41, 5.74) is 0. The van der Waals surface area contributed by atoms with Crippen LogP contribution in [0.4, 0.5) is 0 Å². The summed E-state index contributed by atoms with van der Waals surface area (Å²) in [7, 11) is -3.47. The topological polar surface area (TPSA) is 83.5 Å². The first kappa shape index (κ1) is 15.4. The molecule has 0 heterocycles. The second-order valence-corrected chi connectivity index (χ2v) is 6.17. The molecule has 0 spiro atoms. The minimum absolute atomic E-state index is 0.0157. The maximum absolute atomic E-state index is 11.6. The summed E-state index contributed by atoms with van der Waals surface area (Å²) in [5, 5.41) is 8.82. The quantitative estimate of drug-likeness (QED) is 0.679. The molecule has 0 radical (unpaired) electrons. The van der Waals surface area contributed by atoms with Crippen molar-refractivity contribution in [2.75, 3.05) is 5.75 Å². The summed E-state index contributed by atoms with van der Waals surface area (Å²) >= 11 is 0. The summed E-state index contributed by atoms with van der Waals surface area (Å²) < 4.78 is 25.3. The van der Waals surface area contributed by atoms with Crippen LogP contribution in [0, 0.1) is 5.92 Å². The Morgan fingerprint density at radius 3 is 2.25 bits per heavy atom. The fraction of sp³-hybridized carbons (Fsp3) is 0.900. The molecule has 5 nitrogen and oxygen atoms in total. The van der Waals surface area contributed by atoms with Gasteiger partial charge >= 0.3 is 5.97 Å². The third-order valence-electron chi connectivity index (χ3n) is 2.16. The van der Waals surface area contributed by atoms with Gasteiger partial charge in [0.15, 0.2) is 0 Å². The van der Waals surface area contributed by atoms with Crippen LogP contribution in [-0.2, 0) is 14.8 Å². The van der Waals surface area contributed by atoms with E-state index in [9.17, 15) is 13.2 Å². The summed E-state index contributed by atoms with van der Waals surface area (Å²) in [6.45, 7) is 5.67. The fourth-order valence-corrected chi connectivity index (χ4v) is 2.74. The summed E-state index contributed by atoms with van der Waals surface area (Å²) in [6.07, 6.45) is 1.48. The molecule has 16 heavy (non-hydrogen) atoms. The number of carboxylic acids is 1. The largest absolute Gasteiger partial charge is 0.480 e. The highest BCUT2D eigenvalue weighted by atomic mass is 32.2. The Balaban J connectivity index is 4.36. The van der Waals surface area contributed by atoms with E-state index >= 15 is 0 Å². The number of rotatable bonds is 8. The van der Waals surface area contributed by atoms with Gasteiger partial charge in [-0.3, -0.25) is 4.79 Å². The molecule has 0 aliphatic heterocycles. The van der Waals surface area contributed by atoms with Gasteiger partial charge in [-0.2, -0.15) is 0 Å². The summed E-state index contributed by atoms with van der Waals surface area (Å²) in [5.74, 6) is -0.848. The highest BCUT2D eigenvalue weighted by Gasteiger charge is 2.22. The molecule has 0 rings (SSSR count). The molecular weight excluding hydrogens is 230 g/mol. The molecular formula is C10H21NO4S. The van der Waals surface area contributed by atoms with Gasteiger partial charge in [0.1, 0.15) is 6.04 Å². The molecule has 1 atom stereocenters. The van der Waals surface area contributed by atoms with Crippen LogP contribution in [0.2, 0.25) is 0 Å². The molecule has 0 aromatic rings. The highest BCUT2D eigenvalue weighted by molar-refractivity contribution is 7.89. The van der Waals surface area contributed by atoms with Crippen molar-refractivity contribution in [3.63, 3.8) is 0 Å². The lowest BCUT2D eigenvalue weighted by Crippen LogP contribution is -2.41. The van der Waals surface area contributed by atoms with Crippen LogP contribution in [0.25, 0.3) is 0 Å². The number of nitrogens with one attached hydrogen (secondary N) is 1. The molecule has 0 aromatic carbocycles. The molecule has 96 valence electrons. The summed E-state index contributed by atoms with van der Waals surface area (Å²) in [4.78, 5) is 10.8. The lowest BCUT2D eigenvalue weighted by atomic mass is 10.2. The van der Waals surface area contributed by atoms with E-state index in [0.29, 0.717) is 19.3 Å². The molecule has 0 amide bonds. The third-order valence-corrected chi connectivity index (χ3v) is 3.58. The van der Waals surface area contributed by atoms with Gasteiger partial charge in [-0.1, -0.05) is 27.2 Å². The summed E-state index contributed by atoms with van der Waals surface area (Å²) in [6, 6.07) is -0.998. The molecule has 0 fully saturated rings. The minimum Gasteiger partial charge on any atom is -0.480 e. The van der Waals surface area contributed by atoms with Crippen molar-refractivity contribution < 1.29 is 18.3 Å². The van der Waals surface area contributed by atoms with E-state index in [1.807, 2.05) is 20.8 Å². The second kappa shape index (κ2) is 6.85. The van der Waals surface area contributed by atoms with Crippen molar-refractivity contribution in [3.8, 4) is 0 Å². The molecule has 0 unspecified atom stereocenters. The molecule has 0 aliphatic rings. The van der Waals surface area contributed by atoms with Crippen LogP contribution < -0.4 is 4.72 Å². The zero-order chi connectivity index (χ0) is 12.8. The average Bonchev–Trinajstić information content (AvgIpc) is 2.14. The van der Waals surface area contributed by atoms with Crippen molar-refractivity contribution in [1.29, 1.82) is 0 Å². The molecule has 0 saturated carbocycles. The predicted molar refractivity (Wildman–Crippen MR) is 62.7 cm³/mol. The molecule has 2 N–H and O–H groups in total. The molecule has 0 saturated heterocycles. The Labute approximate surface area is 97.3 Å². The first-order valence-electron chi connectivity index (χ1n) is 5.51. The van der Waals surface area contributed by atoms with Crippen LogP contribution in [0.3, 0.4) is 0 Å². The van der Waals surface area contributed by atoms with E-state index in [1.54, 1.807) is 0 Å². The average molecular weight is 251 g/mol. The van der Waals surface area contributed by atoms with Crippen LogP contribution in [0.1, 0.15) is 40.0 Å². The van der Waals surface area contributed by atoms with E-state index < -0.39 is 22.0 Å². The first-order chi connectivity index (χ1) is 7.28. The third kappa shape index (κ3) is 6.79. The zero-order valence-corrected chi connectivity index (χ0v) is 10.9. The Morgan fingerprint density at radius 2 is 1.88 bits per heavy atom. The normalized spacial score (nSPS) is 14.0. The van der Waals surface area contributed by atoms with Gasteiger partial charge in [-0.15, -0.1) is 0 Å². The number of aliphatic carboxylic acids is 1. The van der Waals surface area contributed by atoms with E-state index in [2.05, 4.69) is 4.72 Å². The number of carbonyl (C=O) groups is 1. The van der Waals surface area contributed by atoms with Gasteiger partial charge in [0.05, 0.1) is 5.75 Å². The van der Waals surface area contributed by atoms with Gasteiger partial charge in [0.25, 0.3) is 0 Å². The van der Waals surface area contributed by atoms with Gasteiger partial charge < -0.3 is 5.11 Å².